The molecule has 4 N–H and O–H groups in total. The molecule has 0 amide bonds. The van der Waals surface area contributed by atoms with Crippen molar-refractivity contribution < 1.29 is 29.2 Å². The number of nitrogens with one attached hydrogen (secondary N) is 1. The molecule has 0 saturated heterocycles. The van der Waals surface area contributed by atoms with Gasteiger partial charge in [-0.15, -0.1) is 0 Å². The number of aliphatic hydroxyl groups is 1. The molecule has 0 aliphatic carbocycles. The summed E-state index contributed by atoms with van der Waals surface area (Å²) in [4.78, 5) is 21.3. The van der Waals surface area contributed by atoms with Crippen LogP contribution in [0.4, 0.5) is 0 Å². The van der Waals surface area contributed by atoms with Crippen molar-refractivity contribution in [2.75, 3.05) is 19.8 Å². The first-order chi connectivity index (χ1) is 13.2. The summed E-state index contributed by atoms with van der Waals surface area (Å²) >= 11 is 0. The normalized spacial score (nSPS) is 15.4. The van der Waals surface area contributed by atoms with E-state index in [1.54, 1.807) is 49.6 Å². The molecule has 0 aromatic heterocycles. The molecule has 2 aromatic carbocycles. The maximum absolute atomic E-state index is 12.5. The van der Waals surface area contributed by atoms with Gasteiger partial charge in [0.15, 0.2) is 0 Å². The SMILES string of the molecule is COc1ccc(CP(=O)(O)C[C@@H](O)CN[C@H](C)c2cccc(C(=O)O)c2)cc1. The Morgan fingerprint density at radius 3 is 2.50 bits per heavy atom. The lowest BCUT2D eigenvalue weighted by Gasteiger charge is -2.20. The summed E-state index contributed by atoms with van der Waals surface area (Å²) < 4.78 is 17.5. The second kappa shape index (κ2) is 9.85. The van der Waals surface area contributed by atoms with Crippen molar-refractivity contribution in [3.8, 4) is 5.75 Å². The molecular formula is C20H26NO6P. The van der Waals surface area contributed by atoms with Gasteiger partial charge in [0.1, 0.15) is 5.75 Å². The summed E-state index contributed by atoms with van der Waals surface area (Å²) in [7, 11) is -2.01. The number of methoxy groups -OCH3 is 1. The van der Waals surface area contributed by atoms with Gasteiger partial charge in [-0.3, -0.25) is 4.57 Å². The molecule has 2 aromatic rings. The number of aliphatic hydroxyl groups excluding tert-OH is 1. The van der Waals surface area contributed by atoms with Crippen LogP contribution >= 0.6 is 7.37 Å². The number of benzene rings is 2. The molecule has 8 heteroatoms. The number of carbonyl (C=O) groups is 1. The zero-order valence-corrected chi connectivity index (χ0v) is 16.8. The van der Waals surface area contributed by atoms with E-state index in [1.165, 1.54) is 6.07 Å². The largest absolute Gasteiger partial charge is 0.497 e. The van der Waals surface area contributed by atoms with Crippen LogP contribution in [0.25, 0.3) is 0 Å². The van der Waals surface area contributed by atoms with E-state index in [-0.39, 0.29) is 30.5 Å². The minimum Gasteiger partial charge on any atom is -0.497 e. The summed E-state index contributed by atoms with van der Waals surface area (Å²) in [6.45, 7) is 1.95. The molecule has 7 nitrogen and oxygen atoms in total. The molecule has 0 fully saturated rings. The van der Waals surface area contributed by atoms with Gasteiger partial charge in [0, 0.05) is 18.7 Å². The highest BCUT2D eigenvalue weighted by Crippen LogP contribution is 2.45. The third-order valence-corrected chi connectivity index (χ3v) is 6.23. The van der Waals surface area contributed by atoms with Crippen LogP contribution in [0.15, 0.2) is 48.5 Å². The molecule has 2 rings (SSSR count). The molecule has 0 saturated carbocycles. The minimum atomic E-state index is -3.56. The van der Waals surface area contributed by atoms with E-state index in [4.69, 9.17) is 9.84 Å². The van der Waals surface area contributed by atoms with Crippen molar-refractivity contribution in [3.05, 3.63) is 65.2 Å². The lowest BCUT2D eigenvalue weighted by molar-refractivity contribution is 0.0696. The first-order valence-corrected chi connectivity index (χ1v) is 10.9. The van der Waals surface area contributed by atoms with Crippen LogP contribution in [0.1, 0.15) is 34.5 Å². The third-order valence-electron chi connectivity index (χ3n) is 4.38. The molecule has 0 aliphatic heterocycles. The van der Waals surface area contributed by atoms with Gasteiger partial charge in [0.25, 0.3) is 0 Å². The molecule has 1 unspecified atom stereocenters. The van der Waals surface area contributed by atoms with E-state index in [0.717, 1.165) is 5.56 Å². The van der Waals surface area contributed by atoms with Crippen LogP contribution in [0.3, 0.4) is 0 Å². The minimum absolute atomic E-state index is 0.0235. The number of carboxylic acid groups (broad SMARTS) is 1. The summed E-state index contributed by atoms with van der Waals surface area (Å²) in [5.41, 5.74) is 1.65. The summed E-state index contributed by atoms with van der Waals surface area (Å²) in [6, 6.07) is 13.2. The Labute approximate surface area is 164 Å². The van der Waals surface area contributed by atoms with E-state index < -0.39 is 19.4 Å². The number of hydrogen-bond donors (Lipinski definition) is 4. The predicted octanol–water partition coefficient (Wildman–Crippen LogP) is 2.88. The second-order valence-corrected chi connectivity index (χ2v) is 9.12. The quantitative estimate of drug-likeness (QED) is 0.448. The molecule has 0 radical (unpaired) electrons. The van der Waals surface area contributed by atoms with Gasteiger partial charge in [-0.2, -0.15) is 0 Å². The average molecular weight is 407 g/mol. The lowest BCUT2D eigenvalue weighted by atomic mass is 10.1. The Balaban J connectivity index is 1.87. The molecule has 28 heavy (non-hydrogen) atoms. The first-order valence-electron chi connectivity index (χ1n) is 8.88. The fraction of sp³-hybridized carbons (Fsp3) is 0.350. The standard InChI is InChI=1S/C20H26NO6P/c1-14(16-4-3-5-17(10-16)20(23)24)21-11-18(22)13-28(25,26)12-15-6-8-19(27-2)9-7-15/h3-10,14,18,21-22H,11-13H2,1-2H3,(H,23,24)(H,25,26)/t14-,18+/m1/s1. The number of hydrogen-bond acceptors (Lipinski definition) is 5. The summed E-state index contributed by atoms with van der Waals surface area (Å²) in [5.74, 6) is -0.337. The highest BCUT2D eigenvalue weighted by molar-refractivity contribution is 7.57. The number of aromatic carboxylic acids is 1. The van der Waals surface area contributed by atoms with E-state index in [0.29, 0.717) is 11.3 Å². The zero-order chi connectivity index (χ0) is 20.7. The van der Waals surface area contributed by atoms with Gasteiger partial charge in [0.2, 0.25) is 7.37 Å². The van der Waals surface area contributed by atoms with Crippen molar-refractivity contribution in [3.63, 3.8) is 0 Å². The Hall–Kier alpha value is -2.18. The van der Waals surface area contributed by atoms with E-state index in [2.05, 4.69) is 5.32 Å². The monoisotopic (exact) mass is 407 g/mol. The summed E-state index contributed by atoms with van der Waals surface area (Å²) in [5, 5.41) is 22.3. The van der Waals surface area contributed by atoms with Gasteiger partial charge in [0.05, 0.1) is 24.9 Å². The molecule has 0 bridgehead atoms. The van der Waals surface area contributed by atoms with Crippen LogP contribution in [0, 0.1) is 0 Å². The second-order valence-electron chi connectivity index (χ2n) is 6.75. The topological polar surface area (TPSA) is 116 Å². The molecular weight excluding hydrogens is 381 g/mol. The molecule has 0 spiro atoms. The van der Waals surface area contributed by atoms with E-state index in [9.17, 15) is 19.4 Å². The van der Waals surface area contributed by atoms with E-state index >= 15 is 0 Å². The molecule has 152 valence electrons. The molecule has 3 atom stereocenters. The van der Waals surface area contributed by atoms with Gasteiger partial charge < -0.3 is 25.2 Å². The van der Waals surface area contributed by atoms with Gasteiger partial charge in [-0.1, -0.05) is 24.3 Å². The Bertz CT molecular complexity index is 839. The lowest BCUT2D eigenvalue weighted by Crippen LogP contribution is -2.31. The highest BCUT2D eigenvalue weighted by Gasteiger charge is 2.24. The van der Waals surface area contributed by atoms with E-state index in [1.807, 2.05) is 6.92 Å². The maximum Gasteiger partial charge on any atom is 0.335 e. The Morgan fingerprint density at radius 1 is 1.21 bits per heavy atom. The molecule has 0 heterocycles. The fourth-order valence-corrected chi connectivity index (χ4v) is 4.54. The van der Waals surface area contributed by atoms with Gasteiger partial charge in [-0.05, 0) is 42.3 Å². The van der Waals surface area contributed by atoms with Crippen LogP contribution in [0.5, 0.6) is 5.75 Å². The van der Waals surface area contributed by atoms with Crippen molar-refractivity contribution in [2.45, 2.75) is 25.2 Å². The first kappa shape index (κ1) is 22.1. The Morgan fingerprint density at radius 2 is 1.89 bits per heavy atom. The predicted molar refractivity (Wildman–Crippen MR) is 107 cm³/mol. The molecule has 0 aliphatic rings. The van der Waals surface area contributed by atoms with Crippen molar-refractivity contribution in [1.29, 1.82) is 0 Å². The summed E-state index contributed by atoms with van der Waals surface area (Å²) in [6.07, 6.45) is -1.25. The number of rotatable bonds is 10. The third kappa shape index (κ3) is 6.77. The van der Waals surface area contributed by atoms with Crippen molar-refractivity contribution >= 4 is 13.3 Å². The van der Waals surface area contributed by atoms with Crippen molar-refractivity contribution in [2.24, 2.45) is 0 Å². The maximum atomic E-state index is 12.5. The van der Waals surface area contributed by atoms with Crippen LogP contribution in [0.2, 0.25) is 0 Å². The fourth-order valence-electron chi connectivity index (χ4n) is 2.85. The van der Waals surface area contributed by atoms with Gasteiger partial charge in [-0.25, -0.2) is 4.79 Å². The highest BCUT2D eigenvalue weighted by atomic mass is 31.2. The van der Waals surface area contributed by atoms with Crippen LogP contribution < -0.4 is 10.1 Å². The van der Waals surface area contributed by atoms with Crippen molar-refractivity contribution in [1.82, 2.24) is 5.32 Å². The van der Waals surface area contributed by atoms with Crippen LogP contribution in [-0.4, -0.2) is 47.0 Å². The number of carboxylic acids is 1. The zero-order valence-electron chi connectivity index (χ0n) is 15.9. The average Bonchev–Trinajstić information content (AvgIpc) is 2.66. The smallest absolute Gasteiger partial charge is 0.335 e. The van der Waals surface area contributed by atoms with Crippen LogP contribution in [-0.2, 0) is 10.7 Å². The Kier molecular flexibility index (Phi) is 7.78. The van der Waals surface area contributed by atoms with Gasteiger partial charge >= 0.3 is 5.97 Å². The number of ether oxygens (including phenoxy) is 1.